The minimum absolute atomic E-state index is 0.0815. The molecule has 5 aromatic heterocycles. The fourth-order valence-corrected chi connectivity index (χ4v) is 6.12. The van der Waals surface area contributed by atoms with Gasteiger partial charge in [-0.05, 0) is 69.3 Å². The summed E-state index contributed by atoms with van der Waals surface area (Å²) in [4.78, 5) is 26.3. The van der Waals surface area contributed by atoms with Crippen LogP contribution in [0.2, 0.25) is 0 Å². The molecule has 6 aromatic rings. The summed E-state index contributed by atoms with van der Waals surface area (Å²) in [5.74, 6) is 0.856. The van der Waals surface area contributed by atoms with Crippen molar-refractivity contribution < 1.29 is 9.53 Å². The molecule has 194 valence electrons. The number of H-pyrrole nitrogens is 2. The highest BCUT2D eigenvalue weighted by Crippen LogP contribution is 2.37. The van der Waals surface area contributed by atoms with Gasteiger partial charge in [-0.3, -0.25) is 14.9 Å². The van der Waals surface area contributed by atoms with E-state index in [9.17, 15) is 4.79 Å². The quantitative estimate of drug-likeness (QED) is 0.219. The monoisotopic (exact) mass is 534 g/mol. The van der Waals surface area contributed by atoms with E-state index in [1.165, 1.54) is 11.3 Å². The van der Waals surface area contributed by atoms with Crippen LogP contribution in [-0.2, 0) is 0 Å². The van der Waals surface area contributed by atoms with E-state index in [1.807, 2.05) is 36.7 Å². The summed E-state index contributed by atoms with van der Waals surface area (Å²) in [6.45, 7) is 3.55. The SMILES string of the molecule is CC(=O)c1ccc(-c2cccc3[nH]c(-c4n[nH]c5ncc(-c6cncc(OC7CCNCC7)c6)cc45)cc23)s1. The number of fused-ring (bicyclic) bond motifs is 2. The van der Waals surface area contributed by atoms with Gasteiger partial charge in [-0.15, -0.1) is 11.3 Å². The van der Waals surface area contributed by atoms with Gasteiger partial charge in [0, 0.05) is 50.3 Å². The van der Waals surface area contributed by atoms with Gasteiger partial charge < -0.3 is 15.0 Å². The maximum atomic E-state index is 11.8. The van der Waals surface area contributed by atoms with Crippen LogP contribution >= 0.6 is 11.3 Å². The maximum Gasteiger partial charge on any atom is 0.169 e. The number of aromatic amines is 2. The number of pyridine rings is 2. The Balaban J connectivity index is 1.25. The van der Waals surface area contributed by atoms with Gasteiger partial charge in [-0.25, -0.2) is 4.98 Å². The second-order valence-electron chi connectivity index (χ2n) is 9.84. The number of aromatic nitrogens is 5. The van der Waals surface area contributed by atoms with E-state index in [1.54, 1.807) is 13.1 Å². The smallest absolute Gasteiger partial charge is 0.169 e. The average Bonchev–Trinajstić information content (AvgIpc) is 3.71. The predicted molar refractivity (Wildman–Crippen MR) is 154 cm³/mol. The van der Waals surface area contributed by atoms with Crippen molar-refractivity contribution in [2.24, 2.45) is 0 Å². The Kier molecular flexibility index (Phi) is 5.94. The van der Waals surface area contributed by atoms with Gasteiger partial charge in [-0.1, -0.05) is 12.1 Å². The van der Waals surface area contributed by atoms with Crippen LogP contribution in [0.15, 0.2) is 67.1 Å². The van der Waals surface area contributed by atoms with Gasteiger partial charge in [0.1, 0.15) is 17.5 Å². The highest BCUT2D eigenvalue weighted by atomic mass is 32.1. The Morgan fingerprint density at radius 2 is 1.87 bits per heavy atom. The molecule has 3 N–H and O–H groups in total. The van der Waals surface area contributed by atoms with Crippen LogP contribution < -0.4 is 10.1 Å². The van der Waals surface area contributed by atoms with Crippen molar-refractivity contribution in [2.45, 2.75) is 25.9 Å². The van der Waals surface area contributed by atoms with Crippen LogP contribution in [0.3, 0.4) is 0 Å². The first-order chi connectivity index (χ1) is 19.1. The first-order valence-corrected chi connectivity index (χ1v) is 13.8. The summed E-state index contributed by atoms with van der Waals surface area (Å²) >= 11 is 1.52. The summed E-state index contributed by atoms with van der Waals surface area (Å²) in [6.07, 6.45) is 7.64. The molecule has 0 atom stereocenters. The molecule has 1 aromatic carbocycles. The van der Waals surface area contributed by atoms with Crippen molar-refractivity contribution in [3.05, 3.63) is 72.0 Å². The largest absolute Gasteiger partial charge is 0.489 e. The van der Waals surface area contributed by atoms with Crippen LogP contribution in [0.5, 0.6) is 5.75 Å². The standard InChI is InChI=1S/C30H26N6O2S/c1-17(37)27-5-6-28(39-27)22-3-2-4-25-23(22)13-26(34-25)29-24-12-19(15-33-30(24)36-35-29)18-11-21(16-32-14-18)38-20-7-9-31-10-8-20/h2-6,11-16,20,31,34H,7-10H2,1H3,(H,33,35,36). The first-order valence-electron chi connectivity index (χ1n) is 13.0. The number of nitrogens with zero attached hydrogens (tertiary/aromatic N) is 3. The molecule has 0 unspecified atom stereocenters. The molecule has 6 heterocycles. The number of piperidine rings is 1. The molecule has 0 radical (unpaired) electrons. The lowest BCUT2D eigenvalue weighted by atomic mass is 10.1. The van der Waals surface area contributed by atoms with Gasteiger partial charge >= 0.3 is 0 Å². The summed E-state index contributed by atoms with van der Waals surface area (Å²) in [5, 5.41) is 13.1. The van der Waals surface area contributed by atoms with Crippen LogP contribution in [-0.4, -0.2) is 50.1 Å². The molecule has 0 amide bonds. The minimum Gasteiger partial charge on any atom is -0.489 e. The third-order valence-electron chi connectivity index (χ3n) is 7.19. The number of hydrogen-bond acceptors (Lipinski definition) is 7. The molecular weight excluding hydrogens is 508 g/mol. The number of hydrogen-bond donors (Lipinski definition) is 3. The zero-order valence-corrected chi connectivity index (χ0v) is 22.1. The lowest BCUT2D eigenvalue weighted by molar-refractivity contribution is 0.102. The third kappa shape index (κ3) is 4.49. The zero-order chi connectivity index (χ0) is 26.3. The van der Waals surface area contributed by atoms with Crippen LogP contribution in [0.4, 0.5) is 0 Å². The lowest BCUT2D eigenvalue weighted by Crippen LogP contribution is -2.34. The lowest BCUT2D eigenvalue weighted by Gasteiger charge is -2.23. The first kappa shape index (κ1) is 23.8. The second kappa shape index (κ2) is 9.76. The van der Waals surface area contributed by atoms with Crippen LogP contribution in [0.25, 0.3) is 54.9 Å². The van der Waals surface area contributed by atoms with Crippen molar-refractivity contribution in [3.63, 3.8) is 0 Å². The molecule has 39 heavy (non-hydrogen) atoms. The van der Waals surface area contributed by atoms with E-state index < -0.39 is 0 Å². The number of thiophene rings is 1. The number of nitrogens with one attached hydrogen (secondary N) is 3. The van der Waals surface area contributed by atoms with E-state index in [0.717, 1.165) is 85.8 Å². The van der Waals surface area contributed by atoms with Gasteiger partial charge in [0.15, 0.2) is 11.4 Å². The van der Waals surface area contributed by atoms with Crippen LogP contribution in [0, 0.1) is 0 Å². The summed E-state index contributed by atoms with van der Waals surface area (Å²) in [5.41, 5.74) is 6.39. The summed E-state index contributed by atoms with van der Waals surface area (Å²) < 4.78 is 6.21. The van der Waals surface area contributed by atoms with Crippen molar-refractivity contribution in [3.8, 4) is 38.7 Å². The fourth-order valence-electron chi connectivity index (χ4n) is 5.18. The van der Waals surface area contributed by atoms with Gasteiger partial charge in [0.2, 0.25) is 0 Å². The minimum atomic E-state index is 0.0815. The highest BCUT2D eigenvalue weighted by Gasteiger charge is 2.18. The fraction of sp³-hybridized carbons (Fsp3) is 0.200. The van der Waals surface area contributed by atoms with Gasteiger partial charge in [0.05, 0.1) is 16.8 Å². The number of ketones is 1. The Hall–Kier alpha value is -4.34. The van der Waals surface area contributed by atoms with Crippen molar-refractivity contribution in [1.29, 1.82) is 0 Å². The highest BCUT2D eigenvalue weighted by molar-refractivity contribution is 7.17. The van der Waals surface area contributed by atoms with Gasteiger partial charge in [0.25, 0.3) is 0 Å². The average molecular weight is 535 g/mol. The normalized spacial score (nSPS) is 14.3. The molecular formula is C30H26N6O2S. The van der Waals surface area contributed by atoms with Crippen molar-refractivity contribution >= 4 is 39.1 Å². The summed E-state index contributed by atoms with van der Waals surface area (Å²) in [6, 6.07) is 16.3. The summed E-state index contributed by atoms with van der Waals surface area (Å²) in [7, 11) is 0. The molecule has 1 fully saturated rings. The molecule has 1 saturated heterocycles. The number of benzene rings is 1. The number of Topliss-reactive ketones (excluding diaryl/α,β-unsaturated/α-hetero) is 1. The Labute approximate surface area is 228 Å². The van der Waals surface area contributed by atoms with E-state index >= 15 is 0 Å². The number of ether oxygens (including phenoxy) is 1. The molecule has 0 saturated carbocycles. The predicted octanol–water partition coefficient (Wildman–Crippen LogP) is 6.23. The molecule has 0 bridgehead atoms. The Morgan fingerprint density at radius 3 is 2.72 bits per heavy atom. The number of carbonyl (C=O) groups excluding carboxylic acids is 1. The topological polar surface area (TPSA) is 109 Å². The molecule has 0 aliphatic carbocycles. The number of rotatable bonds is 6. The van der Waals surface area contributed by atoms with E-state index in [-0.39, 0.29) is 11.9 Å². The second-order valence-corrected chi connectivity index (χ2v) is 10.9. The molecule has 9 heteroatoms. The van der Waals surface area contributed by atoms with E-state index in [2.05, 4.69) is 54.7 Å². The third-order valence-corrected chi connectivity index (χ3v) is 8.41. The molecule has 7 rings (SSSR count). The Bertz CT molecular complexity index is 1830. The zero-order valence-electron chi connectivity index (χ0n) is 21.3. The molecule has 8 nitrogen and oxygen atoms in total. The Morgan fingerprint density at radius 1 is 1.00 bits per heavy atom. The van der Waals surface area contributed by atoms with Crippen molar-refractivity contribution in [2.75, 3.05) is 13.1 Å². The maximum absolute atomic E-state index is 11.8. The molecule has 1 aliphatic heterocycles. The molecule has 1 aliphatic rings. The van der Waals surface area contributed by atoms with Crippen LogP contribution in [0.1, 0.15) is 29.4 Å². The number of carbonyl (C=O) groups is 1. The van der Waals surface area contributed by atoms with Crippen molar-refractivity contribution in [1.82, 2.24) is 30.5 Å². The molecule has 0 spiro atoms. The van der Waals surface area contributed by atoms with E-state index in [4.69, 9.17) is 4.74 Å². The van der Waals surface area contributed by atoms with E-state index in [0.29, 0.717) is 5.65 Å². The van der Waals surface area contributed by atoms with Gasteiger partial charge in [-0.2, -0.15) is 5.10 Å².